The van der Waals surface area contributed by atoms with E-state index in [1.54, 1.807) is 25.4 Å². The van der Waals surface area contributed by atoms with Gasteiger partial charge in [0.05, 0.1) is 23.5 Å². The Labute approximate surface area is 157 Å². The van der Waals surface area contributed by atoms with Crippen molar-refractivity contribution in [1.29, 1.82) is 0 Å². The number of rotatable bonds is 7. The number of anilines is 1. The van der Waals surface area contributed by atoms with E-state index >= 15 is 0 Å². The maximum absolute atomic E-state index is 11.3. The normalized spacial score (nSPS) is 12.1. The Balaban J connectivity index is 1.93. The number of hydrogen-bond donors (Lipinski definition) is 1. The lowest BCUT2D eigenvalue weighted by Crippen LogP contribution is -2.27. The van der Waals surface area contributed by atoms with Gasteiger partial charge in [0.25, 0.3) is 5.69 Å². The molecule has 0 bridgehead atoms. The Morgan fingerprint density at radius 2 is 1.96 bits per heavy atom. The molecule has 0 aliphatic carbocycles. The van der Waals surface area contributed by atoms with E-state index in [1.807, 2.05) is 38.4 Å². The summed E-state index contributed by atoms with van der Waals surface area (Å²) in [6, 6.07) is 13.0. The fraction of sp³-hybridized carbons (Fsp3) is 0.250. The molecule has 0 saturated carbocycles. The summed E-state index contributed by atoms with van der Waals surface area (Å²) in [5.41, 5.74) is 1.96. The summed E-state index contributed by atoms with van der Waals surface area (Å²) >= 11 is 0. The number of likely N-dealkylation sites (N-methyl/N-ethyl adjacent to an activating group) is 1. The topological polar surface area (TPSA) is 80.5 Å². The highest BCUT2D eigenvalue weighted by Gasteiger charge is 2.19. The number of nitrogens with zero attached hydrogens (tertiary/aromatic N) is 3. The molecule has 0 aliphatic rings. The van der Waals surface area contributed by atoms with Crippen molar-refractivity contribution in [3.63, 3.8) is 0 Å². The summed E-state index contributed by atoms with van der Waals surface area (Å²) < 4.78 is 5.50. The first-order chi connectivity index (χ1) is 13.0. The molecule has 0 fully saturated rings. The van der Waals surface area contributed by atoms with Crippen LogP contribution < -0.4 is 10.1 Å². The number of pyridine rings is 1. The van der Waals surface area contributed by atoms with Gasteiger partial charge in [-0.3, -0.25) is 15.1 Å². The van der Waals surface area contributed by atoms with Crippen molar-refractivity contribution in [2.45, 2.75) is 6.04 Å². The Hall–Kier alpha value is -3.19. The van der Waals surface area contributed by atoms with Crippen molar-refractivity contribution in [3.8, 4) is 5.75 Å². The van der Waals surface area contributed by atoms with E-state index in [4.69, 9.17) is 4.74 Å². The van der Waals surface area contributed by atoms with E-state index < -0.39 is 0 Å². The number of nitro groups is 1. The van der Waals surface area contributed by atoms with Crippen LogP contribution in [0.5, 0.6) is 5.75 Å². The first-order valence-electron chi connectivity index (χ1n) is 8.57. The molecule has 0 spiro atoms. The van der Waals surface area contributed by atoms with E-state index in [9.17, 15) is 10.1 Å². The lowest BCUT2D eigenvalue weighted by atomic mass is 10.0. The number of non-ortho nitro benzene ring substituents is 1. The smallest absolute Gasteiger partial charge is 0.278 e. The van der Waals surface area contributed by atoms with Crippen molar-refractivity contribution in [3.05, 3.63) is 70.5 Å². The largest absolute Gasteiger partial charge is 0.496 e. The molecule has 7 nitrogen and oxygen atoms in total. The maximum Gasteiger partial charge on any atom is 0.278 e. The molecule has 0 aliphatic heterocycles. The van der Waals surface area contributed by atoms with Gasteiger partial charge in [-0.25, -0.2) is 0 Å². The molecule has 0 amide bonds. The Morgan fingerprint density at radius 1 is 1.19 bits per heavy atom. The molecule has 1 unspecified atom stereocenters. The molecule has 7 heteroatoms. The Morgan fingerprint density at radius 3 is 2.67 bits per heavy atom. The number of aromatic nitrogens is 1. The standard InChI is InChI=1S/C20H22N4O3/c1-23(2)19(15-6-4-5-7-20(15)27-3)13-22-17-8-9-18(24(25)26)16-12-21-11-10-14(16)17/h4-12,19,22H,13H2,1-3H3. The zero-order valence-corrected chi connectivity index (χ0v) is 15.5. The van der Waals surface area contributed by atoms with Crippen LogP contribution in [0.25, 0.3) is 10.8 Å². The van der Waals surface area contributed by atoms with Crippen LogP contribution in [-0.2, 0) is 0 Å². The van der Waals surface area contributed by atoms with Gasteiger partial charge in [-0.05, 0) is 32.3 Å². The molecule has 0 radical (unpaired) electrons. The molecule has 3 aromatic rings. The number of benzene rings is 2. The van der Waals surface area contributed by atoms with Gasteiger partial charge in [-0.15, -0.1) is 0 Å². The molecule has 3 rings (SSSR count). The molecular formula is C20H22N4O3. The van der Waals surface area contributed by atoms with E-state index in [0.717, 1.165) is 22.4 Å². The molecule has 0 saturated heterocycles. The first kappa shape index (κ1) is 18.6. The van der Waals surface area contributed by atoms with Crippen molar-refractivity contribution < 1.29 is 9.66 Å². The van der Waals surface area contributed by atoms with Crippen molar-refractivity contribution in [1.82, 2.24) is 9.88 Å². The molecule has 140 valence electrons. The zero-order valence-electron chi connectivity index (χ0n) is 15.5. The summed E-state index contributed by atoms with van der Waals surface area (Å²) in [5, 5.41) is 16.0. The maximum atomic E-state index is 11.3. The van der Waals surface area contributed by atoms with Crippen molar-refractivity contribution in [2.75, 3.05) is 33.1 Å². The van der Waals surface area contributed by atoms with Gasteiger partial charge in [0.15, 0.2) is 0 Å². The number of hydrogen-bond acceptors (Lipinski definition) is 6. The van der Waals surface area contributed by atoms with Crippen LogP contribution in [0, 0.1) is 10.1 Å². The summed E-state index contributed by atoms with van der Waals surface area (Å²) in [6.07, 6.45) is 3.17. The minimum atomic E-state index is -0.384. The minimum absolute atomic E-state index is 0.0533. The average molecular weight is 366 g/mol. The summed E-state index contributed by atoms with van der Waals surface area (Å²) in [7, 11) is 5.68. The quantitative estimate of drug-likeness (QED) is 0.505. The highest BCUT2D eigenvalue weighted by molar-refractivity contribution is 5.99. The third-order valence-electron chi connectivity index (χ3n) is 4.60. The molecule has 27 heavy (non-hydrogen) atoms. The number of para-hydroxylation sites is 1. The van der Waals surface area contributed by atoms with E-state index in [0.29, 0.717) is 11.9 Å². The lowest BCUT2D eigenvalue weighted by molar-refractivity contribution is -0.383. The highest BCUT2D eigenvalue weighted by Crippen LogP contribution is 2.32. The van der Waals surface area contributed by atoms with Gasteiger partial charge in [0.2, 0.25) is 0 Å². The minimum Gasteiger partial charge on any atom is -0.496 e. The Bertz CT molecular complexity index is 959. The van der Waals surface area contributed by atoms with Gasteiger partial charge in [-0.2, -0.15) is 0 Å². The molecule has 1 aromatic heterocycles. The van der Waals surface area contributed by atoms with E-state index in [-0.39, 0.29) is 16.7 Å². The van der Waals surface area contributed by atoms with Gasteiger partial charge in [0, 0.05) is 41.6 Å². The number of nitrogens with one attached hydrogen (secondary N) is 1. The predicted molar refractivity (Wildman–Crippen MR) is 106 cm³/mol. The summed E-state index contributed by atoms with van der Waals surface area (Å²) in [4.78, 5) is 17.0. The van der Waals surface area contributed by atoms with E-state index in [2.05, 4.69) is 15.2 Å². The fourth-order valence-electron chi connectivity index (χ4n) is 3.21. The molecule has 1 atom stereocenters. The van der Waals surface area contributed by atoms with Crippen molar-refractivity contribution >= 4 is 22.1 Å². The Kier molecular flexibility index (Phi) is 5.52. The van der Waals surface area contributed by atoms with Crippen molar-refractivity contribution in [2.24, 2.45) is 0 Å². The van der Waals surface area contributed by atoms with Crippen LogP contribution in [-0.4, -0.2) is 42.6 Å². The third-order valence-corrected chi connectivity index (χ3v) is 4.60. The summed E-state index contributed by atoms with van der Waals surface area (Å²) in [6.45, 7) is 0.614. The van der Waals surface area contributed by atoms with Crippen LogP contribution in [0.4, 0.5) is 11.4 Å². The van der Waals surface area contributed by atoms with Gasteiger partial charge >= 0.3 is 0 Å². The highest BCUT2D eigenvalue weighted by atomic mass is 16.6. The van der Waals surface area contributed by atoms with Gasteiger partial charge in [0.1, 0.15) is 5.75 Å². The second-order valence-corrected chi connectivity index (χ2v) is 6.41. The molecule has 1 N–H and O–H groups in total. The van der Waals surface area contributed by atoms with Crippen LogP contribution >= 0.6 is 0 Å². The van der Waals surface area contributed by atoms with Crippen LogP contribution in [0.15, 0.2) is 54.9 Å². The second-order valence-electron chi connectivity index (χ2n) is 6.41. The molecule has 2 aromatic carbocycles. The SMILES string of the molecule is COc1ccccc1C(CNc1ccc([N+](=O)[O-])c2cnccc12)N(C)C. The zero-order chi connectivity index (χ0) is 19.4. The van der Waals surface area contributed by atoms with Crippen LogP contribution in [0.2, 0.25) is 0 Å². The van der Waals surface area contributed by atoms with Crippen LogP contribution in [0.1, 0.15) is 11.6 Å². The van der Waals surface area contributed by atoms with Gasteiger partial charge in [-0.1, -0.05) is 18.2 Å². The number of ether oxygens (including phenoxy) is 1. The monoisotopic (exact) mass is 366 g/mol. The summed E-state index contributed by atoms with van der Waals surface area (Å²) in [5.74, 6) is 0.829. The van der Waals surface area contributed by atoms with E-state index in [1.165, 1.54) is 12.3 Å². The fourth-order valence-corrected chi connectivity index (χ4v) is 3.21. The number of methoxy groups -OCH3 is 1. The second kappa shape index (κ2) is 8.01. The molecule has 1 heterocycles. The first-order valence-corrected chi connectivity index (χ1v) is 8.57. The number of fused-ring (bicyclic) bond motifs is 1. The van der Waals surface area contributed by atoms with Crippen LogP contribution in [0.3, 0.4) is 0 Å². The molecular weight excluding hydrogens is 344 g/mol. The third kappa shape index (κ3) is 3.83. The predicted octanol–water partition coefficient (Wildman–Crippen LogP) is 3.87. The number of nitro benzene ring substituents is 1. The lowest BCUT2D eigenvalue weighted by Gasteiger charge is -2.27. The van der Waals surface area contributed by atoms with Gasteiger partial charge < -0.3 is 15.0 Å². The average Bonchev–Trinajstić information content (AvgIpc) is 2.68.